The maximum atomic E-state index is 6.11. The minimum atomic E-state index is 0.636. The fourth-order valence-corrected chi connectivity index (χ4v) is 2.10. The maximum Gasteiger partial charge on any atom is 0.0465 e. The Labute approximate surface area is 100 Å². The molecular formula is C11H14Cl2N2. The molecule has 2 nitrogen and oxygen atoms in total. The van der Waals surface area contributed by atoms with Crippen molar-refractivity contribution in [2.45, 2.75) is 12.6 Å². The Bertz CT molecular complexity index is 350. The highest BCUT2D eigenvalue weighted by molar-refractivity contribution is 6.35. The monoisotopic (exact) mass is 244 g/mol. The molecule has 0 aliphatic carbocycles. The second-order valence-corrected chi connectivity index (χ2v) is 4.81. The number of rotatable bonds is 3. The van der Waals surface area contributed by atoms with Crippen LogP contribution in [0.2, 0.25) is 10.0 Å². The second kappa shape index (κ2) is 4.71. The van der Waals surface area contributed by atoms with Crippen LogP contribution in [-0.4, -0.2) is 31.1 Å². The van der Waals surface area contributed by atoms with E-state index in [9.17, 15) is 0 Å². The predicted octanol–water partition coefficient (Wildman–Crippen LogP) is 2.40. The van der Waals surface area contributed by atoms with Crippen LogP contribution in [0.1, 0.15) is 5.56 Å². The summed E-state index contributed by atoms with van der Waals surface area (Å²) in [5, 5.41) is 4.70. The number of hydrogen-bond donors (Lipinski definition) is 1. The first-order valence-electron chi connectivity index (χ1n) is 5.01. The van der Waals surface area contributed by atoms with Crippen LogP contribution < -0.4 is 5.32 Å². The van der Waals surface area contributed by atoms with E-state index in [2.05, 4.69) is 17.3 Å². The number of halogens is 2. The lowest BCUT2D eigenvalue weighted by atomic mass is 10.1. The molecule has 1 aliphatic rings. The van der Waals surface area contributed by atoms with E-state index in [-0.39, 0.29) is 0 Å². The summed E-state index contributed by atoms with van der Waals surface area (Å²) in [6.07, 6.45) is 0. The van der Waals surface area contributed by atoms with E-state index in [0.717, 1.165) is 30.2 Å². The smallest absolute Gasteiger partial charge is 0.0465 e. The Kier molecular flexibility index (Phi) is 3.52. The van der Waals surface area contributed by atoms with Gasteiger partial charge in [0.2, 0.25) is 0 Å². The average Bonchev–Trinajstić information content (AvgIpc) is 2.07. The van der Waals surface area contributed by atoms with Crippen LogP contribution in [0.3, 0.4) is 0 Å². The zero-order valence-corrected chi connectivity index (χ0v) is 10.1. The molecule has 1 heterocycles. The Balaban J connectivity index is 2.03. The van der Waals surface area contributed by atoms with Gasteiger partial charge in [0, 0.05) is 35.7 Å². The summed E-state index contributed by atoms with van der Waals surface area (Å²) < 4.78 is 0. The van der Waals surface area contributed by atoms with Gasteiger partial charge in [-0.25, -0.2) is 0 Å². The number of hydrogen-bond acceptors (Lipinski definition) is 2. The predicted molar refractivity (Wildman–Crippen MR) is 64.6 cm³/mol. The van der Waals surface area contributed by atoms with E-state index < -0.39 is 0 Å². The van der Waals surface area contributed by atoms with Crippen LogP contribution in [0, 0.1) is 0 Å². The second-order valence-electron chi connectivity index (χ2n) is 3.96. The van der Waals surface area contributed by atoms with Gasteiger partial charge in [0.05, 0.1) is 0 Å². The minimum Gasteiger partial charge on any atom is -0.314 e. The Morgan fingerprint density at radius 1 is 1.40 bits per heavy atom. The Morgan fingerprint density at radius 2 is 2.13 bits per heavy atom. The third-order valence-electron chi connectivity index (χ3n) is 2.82. The standard InChI is InChI=1S/C11H14Cl2N2/c1-15(10-5-14-6-10)7-8-2-3-9(12)4-11(8)13/h2-4,10,14H,5-7H2,1H3. The largest absolute Gasteiger partial charge is 0.314 e. The highest BCUT2D eigenvalue weighted by Gasteiger charge is 2.21. The van der Waals surface area contributed by atoms with Gasteiger partial charge in [0.1, 0.15) is 0 Å². The molecule has 1 N–H and O–H groups in total. The highest BCUT2D eigenvalue weighted by atomic mass is 35.5. The molecule has 0 bridgehead atoms. The topological polar surface area (TPSA) is 15.3 Å². The summed E-state index contributed by atoms with van der Waals surface area (Å²) in [6, 6.07) is 6.31. The van der Waals surface area contributed by atoms with Gasteiger partial charge in [-0.1, -0.05) is 29.3 Å². The highest BCUT2D eigenvalue weighted by Crippen LogP contribution is 2.22. The van der Waals surface area contributed by atoms with E-state index in [1.165, 1.54) is 0 Å². The third-order valence-corrected chi connectivity index (χ3v) is 3.41. The third kappa shape index (κ3) is 2.64. The lowest BCUT2D eigenvalue weighted by Gasteiger charge is -2.35. The van der Waals surface area contributed by atoms with Gasteiger partial charge in [0.15, 0.2) is 0 Å². The molecule has 1 aliphatic heterocycles. The van der Waals surface area contributed by atoms with Gasteiger partial charge in [-0.2, -0.15) is 0 Å². The van der Waals surface area contributed by atoms with Crippen molar-refractivity contribution in [3.8, 4) is 0 Å². The molecule has 0 atom stereocenters. The van der Waals surface area contributed by atoms with Crippen LogP contribution in [0.4, 0.5) is 0 Å². The van der Waals surface area contributed by atoms with Gasteiger partial charge >= 0.3 is 0 Å². The molecule has 0 unspecified atom stereocenters. The van der Waals surface area contributed by atoms with E-state index in [1.807, 2.05) is 12.1 Å². The summed E-state index contributed by atoms with van der Waals surface area (Å²) in [4.78, 5) is 2.31. The molecule has 0 aromatic heterocycles. The number of nitrogens with one attached hydrogen (secondary N) is 1. The lowest BCUT2D eigenvalue weighted by molar-refractivity contribution is 0.173. The van der Waals surface area contributed by atoms with Gasteiger partial charge in [-0.15, -0.1) is 0 Å². The Morgan fingerprint density at radius 3 is 2.67 bits per heavy atom. The van der Waals surface area contributed by atoms with Crippen molar-refractivity contribution in [2.75, 3.05) is 20.1 Å². The lowest BCUT2D eigenvalue weighted by Crippen LogP contribution is -2.55. The van der Waals surface area contributed by atoms with E-state index in [0.29, 0.717) is 11.1 Å². The summed E-state index contributed by atoms with van der Waals surface area (Å²) in [5.74, 6) is 0. The summed E-state index contributed by atoms with van der Waals surface area (Å²) in [5.41, 5.74) is 1.13. The molecule has 1 aromatic carbocycles. The number of nitrogens with zero attached hydrogens (tertiary/aromatic N) is 1. The van der Waals surface area contributed by atoms with Crippen LogP contribution in [0.25, 0.3) is 0 Å². The van der Waals surface area contributed by atoms with Crippen LogP contribution >= 0.6 is 23.2 Å². The first kappa shape index (κ1) is 11.2. The number of likely N-dealkylation sites (N-methyl/N-ethyl adjacent to an activating group) is 1. The molecule has 82 valence electrons. The fourth-order valence-electron chi connectivity index (χ4n) is 1.63. The molecule has 1 aromatic rings. The van der Waals surface area contributed by atoms with Gasteiger partial charge in [-0.3, -0.25) is 4.90 Å². The van der Waals surface area contributed by atoms with E-state index in [1.54, 1.807) is 6.07 Å². The molecule has 0 radical (unpaired) electrons. The first-order chi connectivity index (χ1) is 7.16. The molecule has 2 rings (SSSR count). The van der Waals surface area contributed by atoms with Gasteiger partial charge in [0.25, 0.3) is 0 Å². The zero-order chi connectivity index (χ0) is 10.8. The van der Waals surface area contributed by atoms with Crippen molar-refractivity contribution >= 4 is 23.2 Å². The summed E-state index contributed by atoms with van der Waals surface area (Å²) >= 11 is 12.0. The zero-order valence-electron chi connectivity index (χ0n) is 8.63. The summed E-state index contributed by atoms with van der Waals surface area (Å²) in [6.45, 7) is 3.02. The molecule has 0 saturated carbocycles. The molecule has 1 saturated heterocycles. The summed E-state index contributed by atoms with van der Waals surface area (Å²) in [7, 11) is 2.12. The van der Waals surface area contributed by atoms with Crippen LogP contribution in [-0.2, 0) is 6.54 Å². The van der Waals surface area contributed by atoms with E-state index in [4.69, 9.17) is 23.2 Å². The number of benzene rings is 1. The first-order valence-corrected chi connectivity index (χ1v) is 5.77. The molecule has 0 spiro atoms. The molecule has 0 amide bonds. The van der Waals surface area contributed by atoms with E-state index >= 15 is 0 Å². The Hall–Kier alpha value is -0.280. The molecule has 1 fully saturated rings. The normalized spacial score (nSPS) is 16.8. The minimum absolute atomic E-state index is 0.636. The van der Waals surface area contributed by atoms with Crippen LogP contribution in [0.15, 0.2) is 18.2 Å². The van der Waals surface area contributed by atoms with Crippen molar-refractivity contribution < 1.29 is 0 Å². The SMILES string of the molecule is CN(Cc1ccc(Cl)cc1Cl)C1CNC1. The van der Waals surface area contributed by atoms with Crippen molar-refractivity contribution in [1.29, 1.82) is 0 Å². The maximum absolute atomic E-state index is 6.11. The fraction of sp³-hybridized carbons (Fsp3) is 0.455. The van der Waals surface area contributed by atoms with Crippen LogP contribution in [0.5, 0.6) is 0 Å². The van der Waals surface area contributed by atoms with Crippen molar-refractivity contribution in [1.82, 2.24) is 10.2 Å². The van der Waals surface area contributed by atoms with Gasteiger partial charge in [-0.05, 0) is 24.7 Å². The van der Waals surface area contributed by atoms with Gasteiger partial charge < -0.3 is 5.32 Å². The van der Waals surface area contributed by atoms with Crippen molar-refractivity contribution in [3.63, 3.8) is 0 Å². The quantitative estimate of drug-likeness (QED) is 0.879. The molecular weight excluding hydrogens is 231 g/mol. The molecule has 15 heavy (non-hydrogen) atoms. The average molecular weight is 245 g/mol. The molecule has 4 heteroatoms. The van der Waals surface area contributed by atoms with Crippen molar-refractivity contribution in [3.05, 3.63) is 33.8 Å². The van der Waals surface area contributed by atoms with Crippen molar-refractivity contribution in [2.24, 2.45) is 0 Å².